The third-order valence-electron chi connectivity index (χ3n) is 3.01. The number of aromatic nitrogens is 5. The molecule has 0 bridgehead atoms. The molecular weight excluding hydrogens is 337 g/mol. The van der Waals surface area contributed by atoms with Crippen molar-refractivity contribution >= 4 is 16.0 Å². The van der Waals surface area contributed by atoms with Crippen LogP contribution in [0.25, 0.3) is 11.9 Å². The molecule has 3 aromatic rings. The molecule has 2 aromatic heterocycles. The second kappa shape index (κ2) is 6.16. The molecule has 122 valence electrons. The lowest BCUT2D eigenvalue weighted by Gasteiger charge is -2.03. The van der Waals surface area contributed by atoms with Crippen molar-refractivity contribution in [1.82, 2.24) is 24.8 Å². The van der Waals surface area contributed by atoms with E-state index in [0.29, 0.717) is 5.69 Å². The molecule has 0 atom stereocenters. The highest BCUT2D eigenvalue weighted by Gasteiger charge is 2.12. The molecule has 0 radical (unpaired) electrons. The summed E-state index contributed by atoms with van der Waals surface area (Å²) in [4.78, 5) is 16.6. The van der Waals surface area contributed by atoms with Gasteiger partial charge in [0.15, 0.2) is 0 Å². The van der Waals surface area contributed by atoms with Gasteiger partial charge in [0.1, 0.15) is 5.82 Å². The summed E-state index contributed by atoms with van der Waals surface area (Å²) in [5.41, 5.74) is -0.317. The number of benzene rings is 1. The van der Waals surface area contributed by atoms with E-state index in [2.05, 4.69) is 15.3 Å². The number of hydrogen-bond donors (Lipinski definition) is 0. The van der Waals surface area contributed by atoms with Crippen LogP contribution in [0.5, 0.6) is 0 Å². The molecule has 24 heavy (non-hydrogen) atoms. The highest BCUT2D eigenvalue weighted by atomic mass is 32.2. The highest BCUT2D eigenvalue weighted by molar-refractivity contribution is 7.94. The summed E-state index contributed by atoms with van der Waals surface area (Å²) in [5.74, 6) is -0.542. The summed E-state index contributed by atoms with van der Waals surface area (Å²) in [6, 6.07) is 7.58. The van der Waals surface area contributed by atoms with E-state index in [-0.39, 0.29) is 4.90 Å². The zero-order valence-electron chi connectivity index (χ0n) is 12.0. The van der Waals surface area contributed by atoms with Crippen LogP contribution in [0.2, 0.25) is 0 Å². The quantitative estimate of drug-likeness (QED) is 0.649. The molecule has 1 aromatic carbocycles. The molecule has 2 heterocycles. The molecule has 0 aliphatic rings. The predicted octanol–water partition coefficient (Wildman–Crippen LogP) is 0.865. The lowest BCUT2D eigenvalue weighted by molar-refractivity contribution is 0.602. The molecule has 0 saturated heterocycles. The van der Waals surface area contributed by atoms with Crippen LogP contribution in [0.15, 0.2) is 63.9 Å². The Hall–Kier alpha value is -3.14. The second-order valence-corrected chi connectivity index (χ2v) is 6.43. The van der Waals surface area contributed by atoms with Gasteiger partial charge in [-0.05, 0) is 41.6 Å². The monoisotopic (exact) mass is 347 g/mol. The van der Waals surface area contributed by atoms with Gasteiger partial charge in [-0.2, -0.15) is 9.48 Å². The maximum atomic E-state index is 12.9. The Morgan fingerprint density at radius 2 is 1.88 bits per heavy atom. The maximum Gasteiger partial charge on any atom is 0.388 e. The van der Waals surface area contributed by atoms with E-state index in [0.717, 1.165) is 45.4 Å². The molecule has 0 aliphatic carbocycles. The molecule has 10 heteroatoms. The van der Waals surface area contributed by atoms with E-state index in [1.165, 1.54) is 12.4 Å². The molecule has 8 nitrogen and oxygen atoms in total. The van der Waals surface area contributed by atoms with Crippen molar-refractivity contribution in [2.45, 2.75) is 4.90 Å². The molecule has 0 N–H and O–H groups in total. The van der Waals surface area contributed by atoms with Crippen molar-refractivity contribution in [1.29, 1.82) is 0 Å². The van der Waals surface area contributed by atoms with Crippen LogP contribution >= 0.6 is 0 Å². The molecule has 0 amide bonds. The number of rotatable bonds is 4. The van der Waals surface area contributed by atoms with Crippen LogP contribution in [-0.4, -0.2) is 33.2 Å². The van der Waals surface area contributed by atoms with Crippen LogP contribution in [-0.2, 0) is 9.84 Å². The Balaban J connectivity index is 1.99. The lowest BCUT2D eigenvalue weighted by Crippen LogP contribution is -2.20. The Kier molecular flexibility index (Phi) is 4.04. The molecule has 0 fully saturated rings. The van der Waals surface area contributed by atoms with Crippen molar-refractivity contribution in [3.63, 3.8) is 0 Å². The fourth-order valence-corrected chi connectivity index (χ4v) is 2.84. The summed E-state index contributed by atoms with van der Waals surface area (Å²) in [6.45, 7) is 0. The van der Waals surface area contributed by atoms with Crippen LogP contribution in [0.3, 0.4) is 0 Å². The number of sulfone groups is 1. The van der Waals surface area contributed by atoms with Crippen molar-refractivity contribution in [2.24, 2.45) is 0 Å². The first-order valence-corrected chi connectivity index (χ1v) is 8.16. The second-order valence-electron chi connectivity index (χ2n) is 4.60. The largest absolute Gasteiger partial charge is 0.388 e. The Morgan fingerprint density at radius 1 is 1.12 bits per heavy atom. The zero-order chi connectivity index (χ0) is 17.2. The molecule has 0 saturated carbocycles. The van der Waals surface area contributed by atoms with E-state index in [1.807, 2.05) is 0 Å². The molecular formula is C14H10FN5O3S. The SMILES string of the molecule is O=c1nnn(/C=C/S(=O)(=O)c2ccc(F)cc2)n1-c1cccnc1. The number of tetrazole rings is 1. The summed E-state index contributed by atoms with van der Waals surface area (Å²) >= 11 is 0. The molecule has 3 rings (SSSR count). The third kappa shape index (κ3) is 3.13. The van der Waals surface area contributed by atoms with E-state index in [1.54, 1.807) is 12.1 Å². The number of hydrogen-bond acceptors (Lipinski definition) is 6. The topological polar surface area (TPSA) is 99.7 Å². The van der Waals surface area contributed by atoms with Crippen molar-refractivity contribution < 1.29 is 12.8 Å². The van der Waals surface area contributed by atoms with E-state index < -0.39 is 21.3 Å². The van der Waals surface area contributed by atoms with E-state index >= 15 is 0 Å². The van der Waals surface area contributed by atoms with Gasteiger partial charge in [-0.3, -0.25) is 4.98 Å². The number of pyridine rings is 1. The minimum absolute atomic E-state index is 0.0875. The van der Waals surface area contributed by atoms with Gasteiger partial charge < -0.3 is 0 Å². The summed E-state index contributed by atoms with van der Waals surface area (Å²) in [6.07, 6.45) is 4.00. The fraction of sp³-hybridized carbons (Fsp3) is 0. The number of halogens is 1. The first-order chi connectivity index (χ1) is 11.5. The van der Waals surface area contributed by atoms with Gasteiger partial charge in [0.05, 0.1) is 28.4 Å². The van der Waals surface area contributed by atoms with Crippen molar-refractivity contribution in [2.75, 3.05) is 0 Å². The van der Waals surface area contributed by atoms with E-state index in [4.69, 9.17) is 0 Å². The van der Waals surface area contributed by atoms with Gasteiger partial charge in [0.2, 0.25) is 9.84 Å². The van der Waals surface area contributed by atoms with E-state index in [9.17, 15) is 17.6 Å². The van der Waals surface area contributed by atoms with Crippen molar-refractivity contribution in [3.8, 4) is 5.69 Å². The predicted molar refractivity (Wildman–Crippen MR) is 82.3 cm³/mol. The first-order valence-electron chi connectivity index (χ1n) is 6.61. The Morgan fingerprint density at radius 3 is 2.54 bits per heavy atom. The Bertz CT molecular complexity index is 1040. The van der Waals surface area contributed by atoms with Crippen LogP contribution in [0.1, 0.15) is 0 Å². The highest BCUT2D eigenvalue weighted by Crippen LogP contribution is 2.13. The summed E-state index contributed by atoms with van der Waals surface area (Å²) in [7, 11) is -3.83. The Labute approximate surface area is 135 Å². The lowest BCUT2D eigenvalue weighted by atomic mass is 10.4. The van der Waals surface area contributed by atoms with Crippen LogP contribution < -0.4 is 5.69 Å². The summed E-state index contributed by atoms with van der Waals surface area (Å²) < 4.78 is 38.3. The first kappa shape index (κ1) is 15.7. The van der Waals surface area contributed by atoms with Gasteiger partial charge in [-0.1, -0.05) is 5.10 Å². The van der Waals surface area contributed by atoms with Crippen LogP contribution in [0.4, 0.5) is 4.39 Å². The van der Waals surface area contributed by atoms with Gasteiger partial charge in [-0.25, -0.2) is 17.6 Å². The van der Waals surface area contributed by atoms with Gasteiger partial charge in [0, 0.05) is 6.20 Å². The molecule has 0 aliphatic heterocycles. The van der Waals surface area contributed by atoms with Crippen LogP contribution in [0, 0.1) is 5.82 Å². The van der Waals surface area contributed by atoms with Gasteiger partial charge >= 0.3 is 5.69 Å². The van der Waals surface area contributed by atoms with Gasteiger partial charge in [0.25, 0.3) is 0 Å². The fourth-order valence-electron chi connectivity index (χ4n) is 1.90. The minimum atomic E-state index is -3.83. The summed E-state index contributed by atoms with van der Waals surface area (Å²) in [5, 5.41) is 7.80. The standard InChI is InChI=1S/C14H10FN5O3S/c15-11-3-5-13(6-4-11)24(22,23)9-8-19-18-17-14(21)20(19)12-2-1-7-16-10-12/h1-10H/b9-8+. The maximum absolute atomic E-state index is 12.9. The average Bonchev–Trinajstić information content (AvgIpc) is 2.95. The molecule has 0 unspecified atom stereocenters. The molecule has 0 spiro atoms. The normalized spacial score (nSPS) is 11.9. The smallest absolute Gasteiger partial charge is 0.262 e. The third-order valence-corrected chi connectivity index (χ3v) is 4.42. The van der Waals surface area contributed by atoms with Gasteiger partial charge in [-0.15, -0.1) is 0 Å². The average molecular weight is 347 g/mol. The zero-order valence-corrected chi connectivity index (χ0v) is 12.8. The number of nitrogens with zero attached hydrogens (tertiary/aromatic N) is 5. The van der Waals surface area contributed by atoms with Crippen molar-refractivity contribution in [3.05, 3.63) is 70.5 Å². The minimum Gasteiger partial charge on any atom is -0.262 e.